The first-order valence-electron chi connectivity index (χ1n) is 7.63. The molecule has 0 saturated carbocycles. The van der Waals surface area contributed by atoms with Crippen LogP contribution in [0.25, 0.3) is 11.6 Å². The van der Waals surface area contributed by atoms with Crippen molar-refractivity contribution < 1.29 is 0 Å². The molecule has 0 spiro atoms. The number of alkyl halides is 1. The molecule has 114 valence electrons. The van der Waals surface area contributed by atoms with Crippen LogP contribution < -0.4 is 5.56 Å². The lowest BCUT2D eigenvalue weighted by atomic mass is 10.0. The van der Waals surface area contributed by atoms with Gasteiger partial charge in [-0.1, -0.05) is 30.3 Å². The van der Waals surface area contributed by atoms with E-state index in [1.807, 2.05) is 29.7 Å². The molecule has 0 aliphatic carbocycles. The van der Waals surface area contributed by atoms with Crippen molar-refractivity contribution in [3.8, 4) is 0 Å². The predicted molar refractivity (Wildman–Crippen MR) is 91.2 cm³/mol. The number of nitrogens with zero attached hydrogens (tertiary/aromatic N) is 2. The lowest BCUT2D eigenvalue weighted by Gasteiger charge is -2.22. The zero-order valence-electron chi connectivity index (χ0n) is 12.7. The molecule has 2 heterocycles. The molecule has 22 heavy (non-hydrogen) atoms. The summed E-state index contributed by atoms with van der Waals surface area (Å²) >= 11 is 5.81. The highest BCUT2D eigenvalue weighted by molar-refractivity contribution is 6.18. The second kappa shape index (κ2) is 6.49. The van der Waals surface area contributed by atoms with Crippen LogP contribution in [-0.2, 0) is 13.0 Å². The Morgan fingerprint density at radius 2 is 2.09 bits per heavy atom. The third kappa shape index (κ3) is 2.86. The lowest BCUT2D eigenvalue weighted by Crippen LogP contribution is -2.31. The molecule has 1 aromatic carbocycles. The van der Waals surface area contributed by atoms with Crippen molar-refractivity contribution >= 4 is 23.3 Å². The van der Waals surface area contributed by atoms with E-state index >= 15 is 0 Å². The summed E-state index contributed by atoms with van der Waals surface area (Å²) in [6, 6.07) is 10.2. The molecule has 0 fully saturated rings. The van der Waals surface area contributed by atoms with E-state index in [-0.39, 0.29) is 5.56 Å². The Bertz CT molecular complexity index is 763. The van der Waals surface area contributed by atoms with Gasteiger partial charge in [-0.05, 0) is 43.4 Å². The van der Waals surface area contributed by atoms with Gasteiger partial charge in [0.25, 0.3) is 5.56 Å². The number of rotatable bonds is 3. The van der Waals surface area contributed by atoms with Gasteiger partial charge in [-0.25, -0.2) is 4.98 Å². The van der Waals surface area contributed by atoms with Crippen LogP contribution in [-0.4, -0.2) is 15.4 Å². The van der Waals surface area contributed by atoms with Gasteiger partial charge in [-0.3, -0.25) is 9.36 Å². The number of aromatic nitrogens is 2. The minimum atomic E-state index is 0.0711. The van der Waals surface area contributed by atoms with Crippen molar-refractivity contribution in [2.45, 2.75) is 32.7 Å². The van der Waals surface area contributed by atoms with Crippen molar-refractivity contribution in [2.75, 3.05) is 5.88 Å². The third-order valence-corrected chi connectivity index (χ3v) is 4.26. The zero-order chi connectivity index (χ0) is 15.5. The number of fused-ring (bicyclic) bond motifs is 1. The molecule has 4 heteroatoms. The van der Waals surface area contributed by atoms with Crippen LogP contribution in [0.15, 0.2) is 35.1 Å². The first-order chi connectivity index (χ1) is 10.7. The molecule has 3 nitrogen and oxygen atoms in total. The van der Waals surface area contributed by atoms with Crippen LogP contribution in [0.2, 0.25) is 0 Å². The minimum Gasteiger partial charge on any atom is -0.293 e. The van der Waals surface area contributed by atoms with Crippen molar-refractivity contribution in [2.24, 2.45) is 0 Å². The molecule has 0 unspecified atom stereocenters. The van der Waals surface area contributed by atoms with Crippen LogP contribution in [0.5, 0.6) is 0 Å². The molecule has 1 aromatic heterocycles. The Kier molecular flexibility index (Phi) is 4.44. The van der Waals surface area contributed by atoms with Crippen molar-refractivity contribution in [1.82, 2.24) is 9.55 Å². The summed E-state index contributed by atoms with van der Waals surface area (Å²) < 4.78 is 1.81. The highest BCUT2D eigenvalue weighted by atomic mass is 35.5. The average Bonchev–Trinajstić information content (AvgIpc) is 2.53. The summed E-state index contributed by atoms with van der Waals surface area (Å²) in [5, 5.41) is 0. The molecular weight excluding hydrogens is 296 g/mol. The molecule has 0 saturated heterocycles. The Morgan fingerprint density at radius 3 is 2.82 bits per heavy atom. The Morgan fingerprint density at radius 1 is 1.32 bits per heavy atom. The normalized spacial score (nSPS) is 15.8. The van der Waals surface area contributed by atoms with Crippen LogP contribution in [0, 0.1) is 6.92 Å². The second-order valence-corrected chi connectivity index (χ2v) is 5.96. The van der Waals surface area contributed by atoms with Gasteiger partial charge in [0.1, 0.15) is 5.82 Å². The summed E-state index contributed by atoms with van der Waals surface area (Å²) in [6.07, 6.45) is 4.64. The fraction of sp³-hybridized carbons (Fsp3) is 0.333. The largest absolute Gasteiger partial charge is 0.293 e. The van der Waals surface area contributed by atoms with Gasteiger partial charge in [-0.15, -0.1) is 11.6 Å². The monoisotopic (exact) mass is 314 g/mol. The van der Waals surface area contributed by atoms with E-state index in [0.29, 0.717) is 12.3 Å². The molecule has 0 radical (unpaired) electrons. The van der Waals surface area contributed by atoms with E-state index in [1.165, 1.54) is 0 Å². The molecule has 3 rings (SSSR count). The number of hydrogen-bond acceptors (Lipinski definition) is 2. The number of halogens is 1. The highest BCUT2D eigenvalue weighted by Gasteiger charge is 2.20. The lowest BCUT2D eigenvalue weighted by molar-refractivity contribution is 0.572. The fourth-order valence-corrected chi connectivity index (χ4v) is 3.15. The van der Waals surface area contributed by atoms with Crippen LogP contribution in [0.4, 0.5) is 0 Å². The van der Waals surface area contributed by atoms with Gasteiger partial charge in [-0.2, -0.15) is 0 Å². The Balaban J connectivity index is 2.11. The molecule has 0 N–H and O–H groups in total. The average molecular weight is 315 g/mol. The van der Waals surface area contributed by atoms with E-state index in [2.05, 4.69) is 18.2 Å². The minimum absolute atomic E-state index is 0.0711. The van der Waals surface area contributed by atoms with Gasteiger partial charge < -0.3 is 0 Å². The molecule has 2 aromatic rings. The van der Waals surface area contributed by atoms with Gasteiger partial charge in [0.2, 0.25) is 0 Å². The first-order valence-corrected chi connectivity index (χ1v) is 8.16. The van der Waals surface area contributed by atoms with E-state index in [9.17, 15) is 4.79 Å². The second-order valence-electron chi connectivity index (χ2n) is 5.58. The molecular formula is C18H19ClN2O. The number of aryl methyl sites for hydroxylation is 1. The number of hydrogen-bond donors (Lipinski definition) is 0. The molecule has 1 aliphatic heterocycles. The maximum atomic E-state index is 12.7. The van der Waals surface area contributed by atoms with Crippen LogP contribution in [0.1, 0.15) is 35.5 Å². The Hall–Kier alpha value is -1.87. The van der Waals surface area contributed by atoms with Crippen LogP contribution >= 0.6 is 11.6 Å². The van der Waals surface area contributed by atoms with E-state index in [0.717, 1.165) is 47.6 Å². The molecule has 1 aliphatic rings. The van der Waals surface area contributed by atoms with Gasteiger partial charge in [0.15, 0.2) is 0 Å². The molecule has 0 amide bonds. The van der Waals surface area contributed by atoms with E-state index in [1.54, 1.807) is 0 Å². The maximum absolute atomic E-state index is 12.7. The summed E-state index contributed by atoms with van der Waals surface area (Å²) in [5.41, 5.74) is 3.90. The van der Waals surface area contributed by atoms with Gasteiger partial charge in [0.05, 0.1) is 0 Å². The number of allylic oxidation sites excluding steroid dienone is 1. The van der Waals surface area contributed by atoms with Crippen molar-refractivity contribution in [3.63, 3.8) is 0 Å². The molecule has 0 atom stereocenters. The smallest absolute Gasteiger partial charge is 0.257 e. The topological polar surface area (TPSA) is 34.9 Å². The zero-order valence-corrected chi connectivity index (χ0v) is 13.4. The first kappa shape index (κ1) is 15.0. The highest BCUT2D eigenvalue weighted by Crippen LogP contribution is 2.26. The third-order valence-electron chi connectivity index (χ3n) is 4.07. The van der Waals surface area contributed by atoms with Crippen molar-refractivity contribution in [3.05, 3.63) is 63.3 Å². The van der Waals surface area contributed by atoms with Crippen LogP contribution in [0.3, 0.4) is 0 Å². The van der Waals surface area contributed by atoms with Crippen molar-refractivity contribution in [1.29, 1.82) is 0 Å². The predicted octanol–water partition coefficient (Wildman–Crippen LogP) is 3.67. The standard InChI is InChI=1S/C18H19ClN2O/c1-13-16(9-10-19)18(22)21-11-5-8-15(17(21)20-13)12-14-6-3-2-4-7-14/h2-4,6-7,12H,5,8-11H2,1H3. The van der Waals surface area contributed by atoms with E-state index in [4.69, 9.17) is 16.6 Å². The fourth-order valence-electron chi connectivity index (χ4n) is 2.96. The Labute approximate surface area is 135 Å². The summed E-state index contributed by atoms with van der Waals surface area (Å²) in [7, 11) is 0. The summed E-state index contributed by atoms with van der Waals surface area (Å²) in [6.45, 7) is 2.64. The number of benzene rings is 1. The quantitative estimate of drug-likeness (QED) is 0.810. The maximum Gasteiger partial charge on any atom is 0.257 e. The van der Waals surface area contributed by atoms with Gasteiger partial charge >= 0.3 is 0 Å². The molecule has 0 bridgehead atoms. The summed E-state index contributed by atoms with van der Waals surface area (Å²) in [5.74, 6) is 1.26. The SMILES string of the molecule is Cc1nc2n(c(=O)c1CCCl)CCCC2=Cc1ccccc1. The van der Waals surface area contributed by atoms with E-state index < -0.39 is 0 Å². The summed E-state index contributed by atoms with van der Waals surface area (Å²) in [4.78, 5) is 17.4. The van der Waals surface area contributed by atoms with Gasteiger partial charge in [0, 0.05) is 23.7 Å².